The third-order valence-electron chi connectivity index (χ3n) is 2.11. The summed E-state index contributed by atoms with van der Waals surface area (Å²) in [6.07, 6.45) is 1.86. The number of nitrogens with one attached hydrogen (secondary N) is 1. The molecule has 2 aromatic rings. The van der Waals surface area contributed by atoms with Crippen LogP contribution in [-0.4, -0.2) is 33.7 Å². The number of hydrogen-bond donors (Lipinski definition) is 1. The fraction of sp³-hybridized carbons (Fsp3) is 0.533. The number of hydrogen-bond acceptors (Lipinski definition) is 5. The molecular formula is C15H26N4O2. The lowest BCUT2D eigenvalue weighted by molar-refractivity contribution is -0.138. The highest BCUT2D eigenvalue weighted by molar-refractivity contribution is 5.47. The second-order valence-corrected chi connectivity index (χ2v) is 4.98. The Hall–Kier alpha value is -2.11. The van der Waals surface area contributed by atoms with Crippen molar-refractivity contribution in [1.82, 2.24) is 14.6 Å². The molecule has 2 heterocycles. The summed E-state index contributed by atoms with van der Waals surface area (Å²) in [6, 6.07) is 3.89. The maximum absolute atomic E-state index is 9.60. The summed E-state index contributed by atoms with van der Waals surface area (Å²) in [5.74, 6) is 0.841. The molecule has 0 bridgehead atoms. The lowest BCUT2D eigenvalue weighted by atomic mass is 10.2. The van der Waals surface area contributed by atoms with Crippen molar-refractivity contribution in [2.24, 2.45) is 0 Å². The molecule has 0 fully saturated rings. The van der Waals surface area contributed by atoms with Gasteiger partial charge < -0.3 is 10.1 Å². The van der Waals surface area contributed by atoms with E-state index in [0.29, 0.717) is 6.47 Å². The monoisotopic (exact) mass is 294 g/mol. The number of anilines is 1. The number of aryl methyl sites for hydroxylation is 1. The molecule has 2 rings (SSSR count). The quantitative estimate of drug-likeness (QED) is 0.862. The zero-order valence-electron chi connectivity index (χ0n) is 14.0. The Labute approximate surface area is 126 Å². The molecule has 0 unspecified atom stereocenters. The average Bonchev–Trinajstić information content (AvgIpc) is 2.82. The van der Waals surface area contributed by atoms with Crippen molar-refractivity contribution in [3.05, 3.63) is 24.0 Å². The van der Waals surface area contributed by atoms with Crippen LogP contribution in [0.1, 0.15) is 40.3 Å². The van der Waals surface area contributed by atoms with Gasteiger partial charge in [0, 0.05) is 7.05 Å². The van der Waals surface area contributed by atoms with E-state index in [-0.39, 0.29) is 5.60 Å². The molecular weight excluding hydrogens is 268 g/mol. The van der Waals surface area contributed by atoms with Gasteiger partial charge in [0.1, 0.15) is 11.4 Å². The highest BCUT2D eigenvalue weighted by atomic mass is 16.5. The number of nitrogens with zero attached hydrogens (tertiary/aromatic N) is 3. The lowest BCUT2D eigenvalue weighted by Gasteiger charge is -2.14. The standard InChI is InChI=1S/C8H10N4.C5H10O2.C2H6/c1-6-3-4-8-10-7(9-2)5-12(8)11-6;1-5(2,3)7-4-6;1-2/h3-5,9H,1-2H3;4H,1-3H3;1-2H3. The maximum Gasteiger partial charge on any atom is 0.293 e. The topological polar surface area (TPSA) is 68.5 Å². The van der Waals surface area contributed by atoms with Crippen LogP contribution in [0, 0.1) is 6.92 Å². The Morgan fingerprint density at radius 1 is 1.29 bits per heavy atom. The highest BCUT2D eigenvalue weighted by Gasteiger charge is 2.07. The van der Waals surface area contributed by atoms with Gasteiger partial charge in [-0.25, -0.2) is 9.50 Å². The summed E-state index contributed by atoms with van der Waals surface area (Å²) in [6.45, 7) is 11.9. The zero-order chi connectivity index (χ0) is 16.5. The van der Waals surface area contributed by atoms with Gasteiger partial charge in [0.05, 0.1) is 11.9 Å². The molecule has 0 saturated carbocycles. The normalized spacial score (nSPS) is 9.86. The van der Waals surface area contributed by atoms with E-state index in [4.69, 9.17) is 0 Å². The predicted molar refractivity (Wildman–Crippen MR) is 85.5 cm³/mol. The van der Waals surface area contributed by atoms with E-state index in [0.717, 1.165) is 17.2 Å². The Morgan fingerprint density at radius 2 is 1.90 bits per heavy atom. The third kappa shape index (κ3) is 7.29. The second kappa shape index (κ2) is 8.94. The van der Waals surface area contributed by atoms with E-state index in [1.54, 1.807) is 4.52 Å². The molecule has 0 atom stereocenters. The minimum absolute atomic E-state index is 0.318. The van der Waals surface area contributed by atoms with Crippen molar-refractivity contribution in [3.8, 4) is 0 Å². The van der Waals surface area contributed by atoms with Gasteiger partial charge in [-0.15, -0.1) is 0 Å². The summed E-state index contributed by atoms with van der Waals surface area (Å²) >= 11 is 0. The van der Waals surface area contributed by atoms with Gasteiger partial charge >= 0.3 is 0 Å². The van der Waals surface area contributed by atoms with Gasteiger partial charge in [0.2, 0.25) is 0 Å². The van der Waals surface area contributed by atoms with Crippen LogP contribution in [0.2, 0.25) is 0 Å². The van der Waals surface area contributed by atoms with E-state index in [9.17, 15) is 4.79 Å². The van der Waals surface area contributed by atoms with Crippen LogP contribution < -0.4 is 5.32 Å². The molecule has 118 valence electrons. The Kier molecular flexibility index (Phi) is 8.04. The van der Waals surface area contributed by atoms with Crippen LogP contribution in [0.15, 0.2) is 18.3 Å². The third-order valence-corrected chi connectivity index (χ3v) is 2.11. The van der Waals surface area contributed by atoms with Crippen LogP contribution in [0.25, 0.3) is 5.65 Å². The SMILES string of the molecule is CC.CC(C)(C)OC=O.CNc1cn2nc(C)ccc2n1. The number of fused-ring (bicyclic) bond motifs is 1. The molecule has 6 nitrogen and oxygen atoms in total. The van der Waals surface area contributed by atoms with Crippen molar-refractivity contribution in [1.29, 1.82) is 0 Å². The summed E-state index contributed by atoms with van der Waals surface area (Å²) < 4.78 is 6.31. The van der Waals surface area contributed by atoms with E-state index < -0.39 is 0 Å². The molecule has 0 aliphatic carbocycles. The van der Waals surface area contributed by atoms with Crippen molar-refractivity contribution < 1.29 is 9.53 Å². The minimum Gasteiger partial charge on any atom is -0.462 e. The molecule has 0 aliphatic heterocycles. The van der Waals surface area contributed by atoms with Gasteiger partial charge in [-0.1, -0.05) is 13.8 Å². The molecule has 0 aliphatic rings. The van der Waals surface area contributed by atoms with Gasteiger partial charge in [0.15, 0.2) is 5.65 Å². The number of imidazole rings is 1. The van der Waals surface area contributed by atoms with Gasteiger partial charge in [-0.05, 0) is 39.8 Å². The van der Waals surface area contributed by atoms with Crippen LogP contribution in [0.5, 0.6) is 0 Å². The predicted octanol–water partition coefficient (Wildman–Crippen LogP) is 3.06. The molecule has 0 amide bonds. The van der Waals surface area contributed by atoms with Gasteiger partial charge in [0.25, 0.3) is 6.47 Å². The Balaban J connectivity index is 0.000000385. The molecule has 0 aromatic carbocycles. The number of aromatic nitrogens is 3. The Morgan fingerprint density at radius 3 is 2.33 bits per heavy atom. The van der Waals surface area contributed by atoms with E-state index in [1.807, 2.05) is 66.9 Å². The van der Waals surface area contributed by atoms with Crippen LogP contribution in [0.3, 0.4) is 0 Å². The van der Waals surface area contributed by atoms with E-state index in [2.05, 4.69) is 20.1 Å². The molecule has 21 heavy (non-hydrogen) atoms. The average molecular weight is 294 g/mol. The number of carbonyl (C=O) groups excluding carboxylic acids is 1. The summed E-state index contributed by atoms with van der Waals surface area (Å²) in [5.41, 5.74) is 1.54. The van der Waals surface area contributed by atoms with Crippen LogP contribution in [-0.2, 0) is 9.53 Å². The number of ether oxygens (including phenoxy) is 1. The molecule has 2 aromatic heterocycles. The van der Waals surface area contributed by atoms with Crippen molar-refractivity contribution in [2.45, 2.75) is 47.1 Å². The van der Waals surface area contributed by atoms with E-state index in [1.165, 1.54) is 0 Å². The molecule has 0 spiro atoms. The first-order valence-electron chi connectivity index (χ1n) is 6.98. The maximum atomic E-state index is 9.60. The first kappa shape index (κ1) is 18.9. The van der Waals surface area contributed by atoms with Crippen molar-refractivity contribution in [2.75, 3.05) is 12.4 Å². The smallest absolute Gasteiger partial charge is 0.293 e. The first-order chi connectivity index (χ1) is 9.85. The van der Waals surface area contributed by atoms with Crippen molar-refractivity contribution in [3.63, 3.8) is 0 Å². The fourth-order valence-corrected chi connectivity index (χ4v) is 1.24. The first-order valence-corrected chi connectivity index (χ1v) is 6.98. The largest absolute Gasteiger partial charge is 0.462 e. The van der Waals surface area contributed by atoms with Gasteiger partial charge in [-0.3, -0.25) is 4.79 Å². The van der Waals surface area contributed by atoms with Crippen molar-refractivity contribution >= 4 is 17.9 Å². The van der Waals surface area contributed by atoms with Crippen LogP contribution >= 0.6 is 0 Å². The summed E-state index contributed by atoms with van der Waals surface area (Å²) in [4.78, 5) is 13.9. The minimum atomic E-state index is -0.318. The zero-order valence-corrected chi connectivity index (χ0v) is 14.0. The molecule has 1 N–H and O–H groups in total. The Bertz CT molecular complexity index is 544. The number of rotatable bonds is 2. The molecule has 0 saturated heterocycles. The van der Waals surface area contributed by atoms with Crippen LogP contribution in [0.4, 0.5) is 5.82 Å². The fourth-order valence-electron chi connectivity index (χ4n) is 1.24. The second-order valence-electron chi connectivity index (χ2n) is 4.98. The molecule has 0 radical (unpaired) electrons. The van der Waals surface area contributed by atoms with E-state index >= 15 is 0 Å². The molecule has 6 heteroatoms. The number of carbonyl (C=O) groups is 1. The summed E-state index contributed by atoms with van der Waals surface area (Å²) in [7, 11) is 1.84. The summed E-state index contributed by atoms with van der Waals surface area (Å²) in [5, 5.41) is 7.22. The lowest BCUT2D eigenvalue weighted by Crippen LogP contribution is -2.17. The van der Waals surface area contributed by atoms with Gasteiger partial charge in [-0.2, -0.15) is 5.10 Å². The highest BCUT2D eigenvalue weighted by Crippen LogP contribution is 2.07.